The van der Waals surface area contributed by atoms with Gasteiger partial charge in [0.25, 0.3) is 0 Å². The summed E-state index contributed by atoms with van der Waals surface area (Å²) in [5.74, 6) is 0.551. The zero-order chi connectivity index (χ0) is 8.27. The normalized spacial score (nSPS) is 18.1. The molecule has 3 heteroatoms. The van der Waals surface area contributed by atoms with Gasteiger partial charge in [-0.1, -0.05) is 12.2 Å². The summed E-state index contributed by atoms with van der Waals surface area (Å²) >= 11 is 0. The maximum atomic E-state index is 5.56. The van der Waals surface area contributed by atoms with Gasteiger partial charge >= 0.3 is 0 Å². The molecule has 0 aromatic heterocycles. The predicted octanol–water partition coefficient (Wildman–Crippen LogP) is 0.629. The average Bonchev–Trinajstić information content (AvgIpc) is 2.67. The van der Waals surface area contributed by atoms with Crippen LogP contribution >= 0.6 is 0 Å². The first-order valence-corrected chi connectivity index (χ1v) is 3.89. The van der Waals surface area contributed by atoms with E-state index in [0.29, 0.717) is 18.5 Å². The molecule has 1 fully saturated rings. The molecular weight excluding hydrogens is 138 g/mol. The van der Waals surface area contributed by atoms with Gasteiger partial charge in [-0.2, -0.15) is 0 Å². The Kier molecular flexibility index (Phi) is 2.52. The van der Waals surface area contributed by atoms with Gasteiger partial charge in [-0.05, 0) is 19.8 Å². The van der Waals surface area contributed by atoms with Crippen LogP contribution in [0, 0.1) is 0 Å². The number of guanidine groups is 1. The Morgan fingerprint density at radius 2 is 2.36 bits per heavy atom. The van der Waals surface area contributed by atoms with Crippen molar-refractivity contribution in [3.63, 3.8) is 0 Å². The number of nitrogens with two attached hydrogens (primary N) is 1. The quantitative estimate of drug-likeness (QED) is 0.355. The van der Waals surface area contributed by atoms with Crippen molar-refractivity contribution in [2.45, 2.75) is 25.8 Å². The first-order chi connectivity index (χ1) is 5.18. The molecule has 0 saturated heterocycles. The van der Waals surface area contributed by atoms with Crippen LogP contribution in [-0.4, -0.2) is 18.5 Å². The summed E-state index contributed by atoms with van der Waals surface area (Å²) in [6.07, 6.45) is 2.45. The van der Waals surface area contributed by atoms with Crippen LogP contribution in [0.2, 0.25) is 0 Å². The molecular formula is C8H15N3. The molecule has 0 bridgehead atoms. The zero-order valence-electron chi connectivity index (χ0n) is 6.93. The lowest BCUT2D eigenvalue weighted by molar-refractivity contribution is 0.886. The molecule has 1 saturated carbocycles. The molecule has 62 valence electrons. The lowest BCUT2D eigenvalue weighted by atomic mass is 10.4. The molecule has 3 N–H and O–H groups in total. The highest BCUT2D eigenvalue weighted by Gasteiger charge is 2.21. The molecule has 0 unspecified atom stereocenters. The van der Waals surface area contributed by atoms with E-state index in [2.05, 4.69) is 16.9 Å². The van der Waals surface area contributed by atoms with Crippen molar-refractivity contribution in [1.29, 1.82) is 0 Å². The largest absolute Gasteiger partial charge is 0.370 e. The third-order valence-electron chi connectivity index (χ3n) is 1.45. The molecule has 3 nitrogen and oxygen atoms in total. The van der Waals surface area contributed by atoms with Gasteiger partial charge in [0.05, 0.1) is 6.54 Å². The van der Waals surface area contributed by atoms with Gasteiger partial charge in [-0.3, -0.25) is 0 Å². The van der Waals surface area contributed by atoms with E-state index in [9.17, 15) is 0 Å². The smallest absolute Gasteiger partial charge is 0.189 e. The third-order valence-corrected chi connectivity index (χ3v) is 1.45. The van der Waals surface area contributed by atoms with Crippen molar-refractivity contribution in [3.05, 3.63) is 12.2 Å². The van der Waals surface area contributed by atoms with Gasteiger partial charge in [0.1, 0.15) is 0 Å². The second-order valence-corrected chi connectivity index (χ2v) is 3.08. The molecule has 0 amide bonds. The summed E-state index contributed by atoms with van der Waals surface area (Å²) in [5, 5.41) is 3.10. The van der Waals surface area contributed by atoms with Crippen molar-refractivity contribution in [2.24, 2.45) is 10.7 Å². The van der Waals surface area contributed by atoms with E-state index < -0.39 is 0 Å². The van der Waals surface area contributed by atoms with Gasteiger partial charge in [0.15, 0.2) is 5.96 Å². The molecule has 11 heavy (non-hydrogen) atoms. The van der Waals surface area contributed by atoms with Crippen LogP contribution < -0.4 is 11.1 Å². The van der Waals surface area contributed by atoms with Crippen LogP contribution in [0.3, 0.4) is 0 Å². The summed E-state index contributed by atoms with van der Waals surface area (Å²) in [7, 11) is 0. The Morgan fingerprint density at radius 3 is 2.82 bits per heavy atom. The fourth-order valence-corrected chi connectivity index (χ4v) is 0.703. The van der Waals surface area contributed by atoms with Crippen LogP contribution in [-0.2, 0) is 0 Å². The SMILES string of the molecule is C=C(C)CN=C(N)NC1CC1. The standard InChI is InChI=1S/C8H15N3/c1-6(2)5-10-8(9)11-7-3-4-7/h7H,1,3-5H2,2H3,(H3,9,10,11). The van der Waals surface area contributed by atoms with Crippen LogP contribution in [0.4, 0.5) is 0 Å². The molecule has 0 spiro atoms. The van der Waals surface area contributed by atoms with E-state index in [1.54, 1.807) is 0 Å². The van der Waals surface area contributed by atoms with Gasteiger partial charge in [-0.25, -0.2) is 4.99 Å². The highest BCUT2D eigenvalue weighted by molar-refractivity contribution is 5.78. The number of nitrogens with one attached hydrogen (secondary N) is 1. The molecule has 0 aliphatic heterocycles. The molecule has 0 atom stereocenters. The molecule has 0 aromatic carbocycles. The van der Waals surface area contributed by atoms with Crippen LogP contribution in [0.25, 0.3) is 0 Å². The lowest BCUT2D eigenvalue weighted by Gasteiger charge is -2.01. The highest BCUT2D eigenvalue weighted by Crippen LogP contribution is 2.17. The first kappa shape index (κ1) is 8.11. The molecule has 1 rings (SSSR count). The second-order valence-electron chi connectivity index (χ2n) is 3.08. The van der Waals surface area contributed by atoms with E-state index in [1.807, 2.05) is 6.92 Å². The Balaban J connectivity index is 2.20. The maximum absolute atomic E-state index is 5.56. The zero-order valence-corrected chi connectivity index (χ0v) is 6.93. The Bertz CT molecular complexity index is 180. The number of nitrogens with zero attached hydrogens (tertiary/aromatic N) is 1. The van der Waals surface area contributed by atoms with E-state index in [-0.39, 0.29) is 0 Å². The minimum atomic E-state index is 0.551. The number of aliphatic imine (C=N–C) groups is 1. The van der Waals surface area contributed by atoms with Gasteiger partial charge < -0.3 is 11.1 Å². The summed E-state index contributed by atoms with van der Waals surface area (Å²) < 4.78 is 0. The van der Waals surface area contributed by atoms with Crippen molar-refractivity contribution in [2.75, 3.05) is 6.54 Å². The fraction of sp³-hybridized carbons (Fsp3) is 0.625. The summed E-state index contributed by atoms with van der Waals surface area (Å²) in [5.41, 5.74) is 6.59. The molecule has 1 aliphatic carbocycles. The van der Waals surface area contributed by atoms with Crippen molar-refractivity contribution in [3.8, 4) is 0 Å². The minimum absolute atomic E-state index is 0.551. The summed E-state index contributed by atoms with van der Waals surface area (Å²) in [6.45, 7) is 6.30. The predicted molar refractivity (Wildman–Crippen MR) is 47.5 cm³/mol. The Morgan fingerprint density at radius 1 is 1.73 bits per heavy atom. The Hall–Kier alpha value is -0.990. The van der Waals surface area contributed by atoms with Crippen LogP contribution in [0.15, 0.2) is 17.1 Å². The van der Waals surface area contributed by atoms with E-state index in [4.69, 9.17) is 5.73 Å². The summed E-state index contributed by atoms with van der Waals surface area (Å²) in [4.78, 5) is 4.09. The number of hydrogen-bond acceptors (Lipinski definition) is 1. The first-order valence-electron chi connectivity index (χ1n) is 3.89. The van der Waals surface area contributed by atoms with Crippen molar-refractivity contribution >= 4 is 5.96 Å². The van der Waals surface area contributed by atoms with Gasteiger partial charge in [-0.15, -0.1) is 0 Å². The van der Waals surface area contributed by atoms with E-state index in [1.165, 1.54) is 12.8 Å². The average molecular weight is 153 g/mol. The minimum Gasteiger partial charge on any atom is -0.370 e. The van der Waals surface area contributed by atoms with Crippen LogP contribution in [0.1, 0.15) is 19.8 Å². The van der Waals surface area contributed by atoms with Gasteiger partial charge in [0.2, 0.25) is 0 Å². The monoisotopic (exact) mass is 153 g/mol. The number of hydrogen-bond donors (Lipinski definition) is 2. The topological polar surface area (TPSA) is 50.4 Å². The summed E-state index contributed by atoms with van der Waals surface area (Å²) in [6, 6.07) is 0.587. The van der Waals surface area contributed by atoms with Gasteiger partial charge in [0, 0.05) is 6.04 Å². The number of rotatable bonds is 3. The van der Waals surface area contributed by atoms with Crippen molar-refractivity contribution < 1.29 is 0 Å². The fourth-order valence-electron chi connectivity index (χ4n) is 0.703. The second kappa shape index (κ2) is 3.42. The van der Waals surface area contributed by atoms with Crippen LogP contribution in [0.5, 0.6) is 0 Å². The maximum Gasteiger partial charge on any atom is 0.189 e. The third kappa shape index (κ3) is 3.65. The highest BCUT2D eigenvalue weighted by atomic mass is 15.1. The molecule has 0 aromatic rings. The Labute approximate surface area is 67.4 Å². The molecule has 0 radical (unpaired) electrons. The van der Waals surface area contributed by atoms with Crippen molar-refractivity contribution in [1.82, 2.24) is 5.32 Å². The molecule has 0 heterocycles. The lowest BCUT2D eigenvalue weighted by Crippen LogP contribution is -2.33. The molecule has 1 aliphatic rings. The van der Waals surface area contributed by atoms with E-state index in [0.717, 1.165) is 5.57 Å². The van der Waals surface area contributed by atoms with E-state index >= 15 is 0 Å².